The number of rotatable bonds is 1. The van der Waals surface area contributed by atoms with Gasteiger partial charge in [0.15, 0.2) is 11.9 Å². The number of amides is 1. The molecule has 2 aliphatic heterocycles. The van der Waals surface area contributed by atoms with Gasteiger partial charge in [0, 0.05) is 35.5 Å². The second-order valence-corrected chi connectivity index (χ2v) is 8.78. The summed E-state index contributed by atoms with van der Waals surface area (Å²) in [4.78, 5) is 28.3. The van der Waals surface area contributed by atoms with Crippen LogP contribution in [-0.4, -0.2) is 35.3 Å². The lowest BCUT2D eigenvalue weighted by atomic mass is 9.51. The third-order valence-electron chi connectivity index (χ3n) is 7.61. The van der Waals surface area contributed by atoms with E-state index in [-0.39, 0.29) is 29.3 Å². The zero-order chi connectivity index (χ0) is 19.0. The Labute approximate surface area is 164 Å². The van der Waals surface area contributed by atoms with E-state index in [1.54, 1.807) is 0 Å². The summed E-state index contributed by atoms with van der Waals surface area (Å²) in [5.41, 5.74) is 4.20. The largest absolute Gasteiger partial charge is 0.481 e. The monoisotopic (exact) mass is 373 g/mol. The Morgan fingerprint density at radius 2 is 2.00 bits per heavy atom. The van der Waals surface area contributed by atoms with Gasteiger partial charge in [-0.2, -0.15) is 0 Å². The fourth-order valence-electron chi connectivity index (χ4n) is 6.48. The molecule has 142 valence electrons. The Morgan fingerprint density at radius 3 is 2.82 bits per heavy atom. The first-order valence-electron chi connectivity index (χ1n) is 10.3. The van der Waals surface area contributed by atoms with Crippen molar-refractivity contribution in [1.29, 1.82) is 0 Å². The fourth-order valence-corrected chi connectivity index (χ4v) is 6.48. The lowest BCUT2D eigenvalue weighted by Crippen LogP contribution is -2.66. The maximum Gasteiger partial charge on any atom is 0.254 e. The van der Waals surface area contributed by atoms with Gasteiger partial charge in [0.1, 0.15) is 5.75 Å². The second-order valence-electron chi connectivity index (χ2n) is 8.78. The lowest BCUT2D eigenvalue weighted by molar-refractivity contribution is -0.137. The van der Waals surface area contributed by atoms with E-state index in [0.29, 0.717) is 18.9 Å². The molecule has 2 bridgehead atoms. The predicted molar refractivity (Wildman–Crippen MR) is 105 cm³/mol. The van der Waals surface area contributed by atoms with Crippen molar-refractivity contribution in [3.63, 3.8) is 0 Å². The predicted octanol–water partition coefficient (Wildman–Crippen LogP) is 3.44. The Hall–Kier alpha value is -2.62. The number of carbonyl (C=O) groups excluding carboxylic acids is 2. The third kappa shape index (κ3) is 1.86. The lowest BCUT2D eigenvalue weighted by Gasteiger charge is -2.57. The molecule has 2 aromatic carbocycles. The third-order valence-corrected chi connectivity index (χ3v) is 7.61. The molecule has 4 aliphatic rings. The fraction of sp³-hybridized carbons (Fsp3) is 0.417. The number of hydrogen-bond donors (Lipinski definition) is 0. The smallest absolute Gasteiger partial charge is 0.254 e. The summed E-state index contributed by atoms with van der Waals surface area (Å²) < 4.78 is 6.35. The van der Waals surface area contributed by atoms with Crippen LogP contribution < -0.4 is 4.74 Å². The molecule has 1 saturated carbocycles. The maximum absolute atomic E-state index is 13.3. The molecule has 4 atom stereocenters. The number of ketones is 1. The van der Waals surface area contributed by atoms with Crippen LogP contribution >= 0.6 is 0 Å². The number of hydrogen-bond acceptors (Lipinski definition) is 3. The van der Waals surface area contributed by atoms with Crippen LogP contribution in [0.4, 0.5) is 0 Å². The summed E-state index contributed by atoms with van der Waals surface area (Å²) in [6.45, 7) is 2.76. The zero-order valence-electron chi connectivity index (χ0n) is 16.0. The molecule has 1 amide bonds. The normalized spacial score (nSPS) is 32.0. The van der Waals surface area contributed by atoms with Crippen LogP contribution in [-0.2, 0) is 16.6 Å². The number of ether oxygens (including phenoxy) is 1. The molecule has 4 heteroatoms. The van der Waals surface area contributed by atoms with Crippen LogP contribution in [0.3, 0.4) is 0 Å². The highest BCUT2D eigenvalue weighted by atomic mass is 16.5. The summed E-state index contributed by atoms with van der Waals surface area (Å²) in [5, 5.41) is 0. The van der Waals surface area contributed by atoms with Gasteiger partial charge in [0.25, 0.3) is 5.91 Å². The number of nitrogens with zero attached hydrogens (tertiary/aromatic N) is 1. The minimum absolute atomic E-state index is 0.114. The van der Waals surface area contributed by atoms with Crippen LogP contribution in [0.15, 0.2) is 42.5 Å². The summed E-state index contributed by atoms with van der Waals surface area (Å²) in [6, 6.07) is 14.0. The van der Waals surface area contributed by atoms with Gasteiger partial charge < -0.3 is 9.64 Å². The van der Waals surface area contributed by atoms with Crippen molar-refractivity contribution in [2.75, 3.05) is 6.54 Å². The summed E-state index contributed by atoms with van der Waals surface area (Å²) in [6.07, 6.45) is 2.72. The number of likely N-dealkylation sites (tertiary alicyclic amines) is 1. The van der Waals surface area contributed by atoms with Crippen molar-refractivity contribution in [2.45, 2.75) is 50.2 Å². The van der Waals surface area contributed by atoms with Gasteiger partial charge in [0.2, 0.25) is 0 Å². The highest BCUT2D eigenvalue weighted by Gasteiger charge is 2.66. The molecule has 2 fully saturated rings. The maximum atomic E-state index is 13.3. The quantitative estimate of drug-likeness (QED) is 0.769. The van der Waals surface area contributed by atoms with Crippen molar-refractivity contribution >= 4 is 11.7 Å². The number of benzene rings is 2. The zero-order valence-corrected chi connectivity index (χ0v) is 16.0. The molecule has 2 aliphatic carbocycles. The average Bonchev–Trinajstić information content (AvgIpc) is 3.07. The molecular formula is C24H23NO3. The molecule has 2 unspecified atom stereocenters. The molecule has 28 heavy (non-hydrogen) atoms. The standard InChI is InChI=1S/C24H23NO3/c1-14-7-8-16-13-18-17-9-10-19(26)22-24(17,20(16)21(14)28-22)11-12-25(18)23(27)15-5-3-2-4-6-15/h2-8,17-18,22H,9-13H2,1H3/t17-,18+,22?,24?/m1/s1. The minimum Gasteiger partial charge on any atom is -0.481 e. The first kappa shape index (κ1) is 16.3. The van der Waals surface area contributed by atoms with Crippen LogP contribution in [0.2, 0.25) is 0 Å². The summed E-state index contributed by atoms with van der Waals surface area (Å²) >= 11 is 0. The van der Waals surface area contributed by atoms with E-state index in [1.165, 1.54) is 11.1 Å². The summed E-state index contributed by atoms with van der Waals surface area (Å²) in [5.74, 6) is 1.60. The van der Waals surface area contributed by atoms with Gasteiger partial charge in [0.05, 0.1) is 0 Å². The Kier molecular flexibility index (Phi) is 3.19. The Morgan fingerprint density at radius 1 is 1.18 bits per heavy atom. The van der Waals surface area contributed by atoms with E-state index >= 15 is 0 Å². The van der Waals surface area contributed by atoms with E-state index in [2.05, 4.69) is 24.0 Å². The van der Waals surface area contributed by atoms with Crippen LogP contribution in [0.25, 0.3) is 0 Å². The van der Waals surface area contributed by atoms with Gasteiger partial charge in [-0.15, -0.1) is 0 Å². The van der Waals surface area contributed by atoms with E-state index in [0.717, 1.165) is 36.1 Å². The van der Waals surface area contributed by atoms with Crippen molar-refractivity contribution in [3.05, 3.63) is 64.7 Å². The van der Waals surface area contributed by atoms with Crippen LogP contribution in [0.5, 0.6) is 5.75 Å². The SMILES string of the molecule is Cc1ccc2c3c1OC1C(=O)CC[C@@H]4[C@H](C2)N(C(=O)c2ccccc2)CCC314. The molecule has 1 spiro atoms. The molecule has 2 heterocycles. The van der Waals surface area contributed by atoms with Crippen molar-refractivity contribution in [2.24, 2.45) is 5.92 Å². The van der Waals surface area contributed by atoms with E-state index in [9.17, 15) is 9.59 Å². The molecule has 4 nitrogen and oxygen atoms in total. The highest BCUT2D eigenvalue weighted by Crippen LogP contribution is 2.62. The number of Topliss-reactive ketones (excluding diaryl/α,β-unsaturated/α-hetero) is 1. The van der Waals surface area contributed by atoms with Crippen LogP contribution in [0, 0.1) is 12.8 Å². The van der Waals surface area contributed by atoms with Gasteiger partial charge in [-0.25, -0.2) is 0 Å². The van der Waals surface area contributed by atoms with E-state index < -0.39 is 0 Å². The van der Waals surface area contributed by atoms with E-state index in [4.69, 9.17) is 4.74 Å². The van der Waals surface area contributed by atoms with Gasteiger partial charge in [-0.1, -0.05) is 30.3 Å². The Bertz CT molecular complexity index is 1010. The van der Waals surface area contributed by atoms with Crippen molar-refractivity contribution in [1.82, 2.24) is 4.90 Å². The summed E-state index contributed by atoms with van der Waals surface area (Å²) in [7, 11) is 0. The molecule has 6 rings (SSSR count). The molecule has 0 N–H and O–H groups in total. The molecule has 2 aromatic rings. The highest BCUT2D eigenvalue weighted by molar-refractivity contribution is 5.95. The molecule has 0 radical (unpaired) electrons. The molecule has 0 aromatic heterocycles. The van der Waals surface area contributed by atoms with Crippen molar-refractivity contribution < 1.29 is 14.3 Å². The first-order chi connectivity index (χ1) is 13.6. The second kappa shape index (κ2) is 5.47. The molecule has 1 saturated heterocycles. The van der Waals surface area contributed by atoms with Gasteiger partial charge in [-0.3, -0.25) is 9.59 Å². The van der Waals surface area contributed by atoms with Crippen LogP contribution in [0.1, 0.15) is 46.3 Å². The average molecular weight is 373 g/mol. The van der Waals surface area contributed by atoms with Crippen molar-refractivity contribution in [3.8, 4) is 5.75 Å². The number of piperidine rings is 1. The minimum atomic E-state index is -0.363. The molecular weight excluding hydrogens is 350 g/mol. The number of aryl methyl sites for hydroxylation is 1. The van der Waals surface area contributed by atoms with E-state index in [1.807, 2.05) is 30.3 Å². The van der Waals surface area contributed by atoms with Gasteiger partial charge >= 0.3 is 0 Å². The first-order valence-corrected chi connectivity index (χ1v) is 10.3. The number of carbonyl (C=O) groups is 2. The van der Waals surface area contributed by atoms with Gasteiger partial charge in [-0.05, 0) is 55.4 Å². The Balaban J connectivity index is 1.50. The topological polar surface area (TPSA) is 46.6 Å².